The minimum atomic E-state index is -1.01. The van der Waals surface area contributed by atoms with Gasteiger partial charge in [0.2, 0.25) is 5.91 Å². The average Bonchev–Trinajstić information content (AvgIpc) is 2.39. The van der Waals surface area contributed by atoms with Crippen LogP contribution in [0, 0.1) is 5.92 Å². The number of amides is 1. The summed E-state index contributed by atoms with van der Waals surface area (Å²) in [5.41, 5.74) is 6.62. The zero-order valence-electron chi connectivity index (χ0n) is 10.6. The Kier molecular flexibility index (Phi) is 4.16. The predicted molar refractivity (Wildman–Crippen MR) is 72.0 cm³/mol. The topological polar surface area (TPSA) is 92.4 Å². The van der Waals surface area contributed by atoms with Gasteiger partial charge in [-0.05, 0) is 31.0 Å². The highest BCUT2D eigenvalue weighted by molar-refractivity contribution is 5.95. The van der Waals surface area contributed by atoms with Gasteiger partial charge in [0.25, 0.3) is 0 Å². The molecule has 2 unspecified atom stereocenters. The van der Waals surface area contributed by atoms with Crippen LogP contribution in [0.25, 0.3) is 0 Å². The van der Waals surface area contributed by atoms with E-state index in [0.29, 0.717) is 5.69 Å². The van der Waals surface area contributed by atoms with Crippen molar-refractivity contribution in [3.05, 3.63) is 29.8 Å². The molecule has 1 aromatic carbocycles. The first kappa shape index (κ1) is 13.5. The Morgan fingerprint density at radius 1 is 1.26 bits per heavy atom. The molecule has 0 aliphatic heterocycles. The van der Waals surface area contributed by atoms with Crippen molar-refractivity contribution in [1.82, 2.24) is 0 Å². The van der Waals surface area contributed by atoms with Crippen molar-refractivity contribution in [2.45, 2.75) is 31.7 Å². The van der Waals surface area contributed by atoms with Gasteiger partial charge in [-0.1, -0.05) is 18.9 Å². The van der Waals surface area contributed by atoms with Crippen LogP contribution >= 0.6 is 0 Å². The molecular formula is C14H18N2O3. The quantitative estimate of drug-likeness (QED) is 0.775. The number of carbonyl (C=O) groups is 2. The number of carboxylic acids is 1. The van der Waals surface area contributed by atoms with E-state index < -0.39 is 5.97 Å². The minimum absolute atomic E-state index is 0.101. The summed E-state index contributed by atoms with van der Waals surface area (Å²) in [4.78, 5) is 23.0. The highest BCUT2D eigenvalue weighted by Gasteiger charge is 2.28. The van der Waals surface area contributed by atoms with Crippen molar-refractivity contribution in [2.75, 3.05) is 5.32 Å². The predicted octanol–water partition coefficient (Wildman–Crippen LogP) is 1.84. The van der Waals surface area contributed by atoms with Crippen LogP contribution < -0.4 is 11.1 Å². The number of hydrogen-bond donors (Lipinski definition) is 3. The normalized spacial score (nSPS) is 22.8. The van der Waals surface area contributed by atoms with Crippen LogP contribution in [0.4, 0.5) is 5.69 Å². The fourth-order valence-electron chi connectivity index (χ4n) is 2.45. The Morgan fingerprint density at radius 2 is 2.00 bits per heavy atom. The number of anilines is 1. The van der Waals surface area contributed by atoms with Crippen molar-refractivity contribution in [3.63, 3.8) is 0 Å². The minimum Gasteiger partial charge on any atom is -0.478 e. The molecule has 1 aliphatic carbocycles. The van der Waals surface area contributed by atoms with Crippen LogP contribution in [0.3, 0.4) is 0 Å². The van der Waals surface area contributed by atoms with Crippen LogP contribution in [-0.4, -0.2) is 23.0 Å². The van der Waals surface area contributed by atoms with E-state index in [1.54, 1.807) is 12.1 Å². The maximum absolute atomic E-state index is 12.1. The van der Waals surface area contributed by atoms with Crippen molar-refractivity contribution in [2.24, 2.45) is 11.7 Å². The van der Waals surface area contributed by atoms with Gasteiger partial charge in [-0.25, -0.2) is 4.79 Å². The van der Waals surface area contributed by atoms with Gasteiger partial charge in [-0.3, -0.25) is 4.79 Å². The molecule has 2 rings (SSSR count). The second kappa shape index (κ2) is 5.84. The fraction of sp³-hybridized carbons (Fsp3) is 0.429. The molecule has 0 radical (unpaired) electrons. The summed E-state index contributed by atoms with van der Waals surface area (Å²) in [7, 11) is 0. The molecule has 0 heterocycles. The van der Waals surface area contributed by atoms with Gasteiger partial charge in [0, 0.05) is 11.7 Å². The first-order chi connectivity index (χ1) is 9.08. The van der Waals surface area contributed by atoms with E-state index in [4.69, 9.17) is 10.8 Å². The molecule has 1 aromatic rings. The van der Waals surface area contributed by atoms with Crippen LogP contribution in [0.15, 0.2) is 24.3 Å². The van der Waals surface area contributed by atoms with E-state index in [2.05, 4.69) is 5.32 Å². The largest absolute Gasteiger partial charge is 0.478 e. The molecule has 2 atom stereocenters. The third kappa shape index (κ3) is 3.32. The van der Waals surface area contributed by atoms with Gasteiger partial charge in [-0.2, -0.15) is 0 Å². The highest BCUT2D eigenvalue weighted by Crippen LogP contribution is 2.24. The lowest BCUT2D eigenvalue weighted by Crippen LogP contribution is -2.40. The second-order valence-corrected chi connectivity index (χ2v) is 4.93. The van der Waals surface area contributed by atoms with Crippen molar-refractivity contribution in [3.8, 4) is 0 Å². The van der Waals surface area contributed by atoms with Crippen molar-refractivity contribution >= 4 is 17.6 Å². The summed E-state index contributed by atoms with van der Waals surface area (Å²) < 4.78 is 0. The van der Waals surface area contributed by atoms with Crippen molar-refractivity contribution < 1.29 is 14.7 Å². The lowest BCUT2D eigenvalue weighted by atomic mass is 9.84. The molecule has 0 spiro atoms. The number of aromatic carboxylic acids is 1. The number of nitrogens with one attached hydrogen (secondary N) is 1. The van der Waals surface area contributed by atoms with Gasteiger partial charge in [-0.15, -0.1) is 0 Å². The maximum atomic E-state index is 12.1. The molecule has 5 heteroatoms. The Labute approximate surface area is 111 Å². The number of hydrogen-bond acceptors (Lipinski definition) is 3. The van der Waals surface area contributed by atoms with Gasteiger partial charge in [0.05, 0.1) is 11.5 Å². The molecule has 4 N–H and O–H groups in total. The molecule has 0 aromatic heterocycles. The summed E-state index contributed by atoms with van der Waals surface area (Å²) in [5, 5.41) is 11.7. The SMILES string of the molecule is NC1CCCCC1C(=O)Nc1cccc(C(=O)O)c1. The molecule has 0 bridgehead atoms. The first-order valence-corrected chi connectivity index (χ1v) is 6.48. The Balaban J connectivity index is 2.06. The maximum Gasteiger partial charge on any atom is 0.335 e. The summed E-state index contributed by atoms with van der Waals surface area (Å²) in [6.07, 6.45) is 3.75. The Bertz CT molecular complexity index is 487. The molecule has 19 heavy (non-hydrogen) atoms. The average molecular weight is 262 g/mol. The van der Waals surface area contributed by atoms with E-state index >= 15 is 0 Å². The van der Waals surface area contributed by atoms with Gasteiger partial charge in [0.1, 0.15) is 0 Å². The Morgan fingerprint density at radius 3 is 2.68 bits per heavy atom. The number of nitrogens with two attached hydrogens (primary N) is 1. The van der Waals surface area contributed by atoms with Crippen LogP contribution in [-0.2, 0) is 4.79 Å². The summed E-state index contributed by atoms with van der Waals surface area (Å²) in [5.74, 6) is -1.30. The van der Waals surface area contributed by atoms with Gasteiger partial charge < -0.3 is 16.2 Å². The van der Waals surface area contributed by atoms with E-state index in [1.165, 1.54) is 12.1 Å². The fourth-order valence-corrected chi connectivity index (χ4v) is 2.45. The third-order valence-electron chi connectivity index (χ3n) is 3.53. The monoisotopic (exact) mass is 262 g/mol. The zero-order chi connectivity index (χ0) is 13.8. The number of benzene rings is 1. The van der Waals surface area contributed by atoms with E-state index in [9.17, 15) is 9.59 Å². The van der Waals surface area contributed by atoms with Crippen LogP contribution in [0.2, 0.25) is 0 Å². The molecule has 1 aliphatic rings. The standard InChI is InChI=1S/C14H18N2O3/c15-12-7-2-1-6-11(12)13(17)16-10-5-3-4-9(8-10)14(18)19/h3-5,8,11-12H,1-2,6-7,15H2,(H,16,17)(H,18,19). The lowest BCUT2D eigenvalue weighted by Gasteiger charge is -2.27. The highest BCUT2D eigenvalue weighted by atomic mass is 16.4. The van der Waals surface area contributed by atoms with Crippen LogP contribution in [0.1, 0.15) is 36.0 Å². The van der Waals surface area contributed by atoms with Gasteiger partial charge in [0.15, 0.2) is 0 Å². The summed E-state index contributed by atoms with van der Waals surface area (Å²) in [6.45, 7) is 0. The zero-order valence-corrected chi connectivity index (χ0v) is 10.6. The second-order valence-electron chi connectivity index (χ2n) is 4.93. The molecule has 1 amide bonds. The smallest absolute Gasteiger partial charge is 0.335 e. The number of rotatable bonds is 3. The molecule has 1 fully saturated rings. The summed E-state index contributed by atoms with van der Waals surface area (Å²) >= 11 is 0. The molecule has 102 valence electrons. The van der Waals surface area contributed by atoms with E-state index in [1.807, 2.05) is 0 Å². The molecule has 5 nitrogen and oxygen atoms in total. The number of carbonyl (C=O) groups excluding carboxylic acids is 1. The third-order valence-corrected chi connectivity index (χ3v) is 3.53. The Hall–Kier alpha value is -1.88. The molecular weight excluding hydrogens is 244 g/mol. The summed E-state index contributed by atoms with van der Waals surface area (Å²) in [6, 6.07) is 6.13. The van der Waals surface area contributed by atoms with Crippen molar-refractivity contribution in [1.29, 1.82) is 0 Å². The number of carboxylic acid groups (broad SMARTS) is 1. The van der Waals surface area contributed by atoms with Gasteiger partial charge >= 0.3 is 5.97 Å². The first-order valence-electron chi connectivity index (χ1n) is 6.48. The molecule has 1 saturated carbocycles. The lowest BCUT2D eigenvalue weighted by molar-refractivity contribution is -0.121. The van der Waals surface area contributed by atoms with Crippen LogP contribution in [0.5, 0.6) is 0 Å². The molecule has 0 saturated heterocycles. The van der Waals surface area contributed by atoms with E-state index in [-0.39, 0.29) is 23.4 Å². The van der Waals surface area contributed by atoms with E-state index in [0.717, 1.165) is 25.7 Å².